The molecule has 0 aliphatic heterocycles. The topological polar surface area (TPSA) is 41.1 Å². The quantitative estimate of drug-likeness (QED) is 0.893. The van der Waals surface area contributed by atoms with E-state index < -0.39 is 11.9 Å². The van der Waals surface area contributed by atoms with Crippen molar-refractivity contribution in [1.29, 1.82) is 0 Å². The van der Waals surface area contributed by atoms with Gasteiger partial charge in [0.15, 0.2) is 0 Å². The lowest BCUT2D eigenvalue weighted by Crippen LogP contribution is -2.32. The van der Waals surface area contributed by atoms with E-state index in [4.69, 9.17) is 0 Å². The highest BCUT2D eigenvalue weighted by Gasteiger charge is 2.14. The highest BCUT2D eigenvalue weighted by molar-refractivity contribution is 5.96. The Balaban J connectivity index is 1.99. The second kappa shape index (κ2) is 6.19. The molecule has 2 rings (SSSR count). The number of carbonyl (C=O) groups is 1. The Bertz CT molecular complexity index is 596. The summed E-state index contributed by atoms with van der Waals surface area (Å²) < 4.78 is 13.4. The fourth-order valence-electron chi connectivity index (χ4n) is 1.77. The van der Waals surface area contributed by atoms with Crippen molar-refractivity contribution >= 4 is 17.3 Å². The molecule has 4 heteroatoms. The lowest BCUT2D eigenvalue weighted by Gasteiger charge is -2.15. The average molecular weight is 272 g/mol. The summed E-state index contributed by atoms with van der Waals surface area (Å²) in [6.45, 7) is 3.73. The second-order valence-corrected chi connectivity index (χ2v) is 4.70. The van der Waals surface area contributed by atoms with Gasteiger partial charge >= 0.3 is 0 Å². The number of hydrogen-bond acceptors (Lipinski definition) is 2. The van der Waals surface area contributed by atoms with Crippen LogP contribution in [0.2, 0.25) is 0 Å². The van der Waals surface area contributed by atoms with Crippen LogP contribution in [-0.4, -0.2) is 11.9 Å². The number of para-hydroxylation sites is 1. The van der Waals surface area contributed by atoms with Crippen LogP contribution < -0.4 is 10.6 Å². The molecule has 0 radical (unpaired) electrons. The fraction of sp³-hybridized carbons (Fsp3) is 0.188. The molecule has 1 amide bonds. The van der Waals surface area contributed by atoms with Gasteiger partial charge in [-0.05, 0) is 38.1 Å². The molecular formula is C16H17FN2O. The molecule has 20 heavy (non-hydrogen) atoms. The highest BCUT2D eigenvalue weighted by Crippen LogP contribution is 2.14. The second-order valence-electron chi connectivity index (χ2n) is 4.70. The van der Waals surface area contributed by atoms with E-state index in [1.54, 1.807) is 19.1 Å². The van der Waals surface area contributed by atoms with Crippen molar-refractivity contribution in [3.63, 3.8) is 0 Å². The van der Waals surface area contributed by atoms with Gasteiger partial charge in [0.2, 0.25) is 5.91 Å². The number of aryl methyl sites for hydroxylation is 1. The first-order chi connectivity index (χ1) is 9.56. The van der Waals surface area contributed by atoms with Crippen LogP contribution >= 0.6 is 0 Å². The molecule has 2 N–H and O–H groups in total. The van der Waals surface area contributed by atoms with Crippen LogP contribution in [0.5, 0.6) is 0 Å². The zero-order chi connectivity index (χ0) is 14.5. The molecule has 0 aliphatic rings. The van der Waals surface area contributed by atoms with E-state index in [0.29, 0.717) is 0 Å². The van der Waals surface area contributed by atoms with E-state index in [9.17, 15) is 9.18 Å². The Morgan fingerprint density at radius 2 is 1.75 bits per heavy atom. The van der Waals surface area contributed by atoms with Crippen LogP contribution in [0.15, 0.2) is 48.5 Å². The number of hydrogen-bond donors (Lipinski definition) is 2. The molecule has 0 bridgehead atoms. The highest BCUT2D eigenvalue weighted by atomic mass is 19.1. The van der Waals surface area contributed by atoms with Crippen LogP contribution in [0.3, 0.4) is 0 Å². The third kappa shape index (κ3) is 3.57. The van der Waals surface area contributed by atoms with E-state index in [2.05, 4.69) is 10.6 Å². The van der Waals surface area contributed by atoms with E-state index in [-0.39, 0.29) is 11.6 Å². The zero-order valence-corrected chi connectivity index (χ0v) is 11.5. The molecule has 0 heterocycles. The van der Waals surface area contributed by atoms with Gasteiger partial charge in [0, 0.05) is 5.69 Å². The van der Waals surface area contributed by atoms with E-state index in [1.807, 2.05) is 31.2 Å². The molecule has 0 spiro atoms. The van der Waals surface area contributed by atoms with E-state index in [1.165, 1.54) is 12.1 Å². The number of halogens is 1. The monoisotopic (exact) mass is 272 g/mol. The smallest absolute Gasteiger partial charge is 0.246 e. The summed E-state index contributed by atoms with van der Waals surface area (Å²) in [4.78, 5) is 12.0. The first-order valence-electron chi connectivity index (χ1n) is 6.45. The van der Waals surface area contributed by atoms with Gasteiger partial charge < -0.3 is 10.6 Å². The van der Waals surface area contributed by atoms with Crippen LogP contribution in [0.1, 0.15) is 12.5 Å². The molecular weight excluding hydrogens is 255 g/mol. The van der Waals surface area contributed by atoms with Crippen LogP contribution in [0, 0.1) is 12.7 Å². The van der Waals surface area contributed by atoms with Crippen LogP contribution in [0.25, 0.3) is 0 Å². The standard InChI is InChI=1S/C16H17FN2O/c1-11-7-9-13(10-8-11)18-12(2)16(20)19-15-6-4-3-5-14(15)17/h3-10,12,18H,1-2H3,(H,19,20). The summed E-state index contributed by atoms with van der Waals surface area (Å²) >= 11 is 0. The Kier molecular flexibility index (Phi) is 4.35. The maximum Gasteiger partial charge on any atom is 0.246 e. The summed E-state index contributed by atoms with van der Waals surface area (Å²) in [5, 5.41) is 5.64. The summed E-state index contributed by atoms with van der Waals surface area (Å²) in [6.07, 6.45) is 0. The maximum atomic E-state index is 13.4. The van der Waals surface area contributed by atoms with Crippen molar-refractivity contribution in [3.8, 4) is 0 Å². The number of benzene rings is 2. The molecule has 1 unspecified atom stereocenters. The number of amides is 1. The maximum absolute atomic E-state index is 13.4. The van der Waals surface area contributed by atoms with Gasteiger partial charge in [-0.3, -0.25) is 4.79 Å². The van der Waals surface area contributed by atoms with Gasteiger partial charge in [0.25, 0.3) is 0 Å². The molecule has 0 aliphatic carbocycles. The Morgan fingerprint density at radius 3 is 2.40 bits per heavy atom. The van der Waals surface area contributed by atoms with Crippen molar-refractivity contribution in [2.75, 3.05) is 10.6 Å². The summed E-state index contributed by atoms with van der Waals surface area (Å²) in [7, 11) is 0. The Morgan fingerprint density at radius 1 is 1.10 bits per heavy atom. The minimum atomic E-state index is -0.461. The van der Waals surface area contributed by atoms with Gasteiger partial charge in [0.1, 0.15) is 11.9 Å². The first kappa shape index (κ1) is 14.1. The molecule has 0 aromatic heterocycles. The molecule has 0 fully saturated rings. The average Bonchev–Trinajstić information content (AvgIpc) is 2.44. The van der Waals surface area contributed by atoms with Crippen LogP contribution in [0.4, 0.5) is 15.8 Å². The minimum absolute atomic E-state index is 0.190. The number of anilines is 2. The summed E-state index contributed by atoms with van der Waals surface area (Å²) in [5.74, 6) is -0.723. The number of carbonyl (C=O) groups excluding carboxylic acids is 1. The third-order valence-electron chi connectivity index (χ3n) is 2.96. The normalized spacial score (nSPS) is 11.8. The fourth-order valence-corrected chi connectivity index (χ4v) is 1.77. The SMILES string of the molecule is Cc1ccc(NC(C)C(=O)Nc2ccccc2F)cc1. The predicted molar refractivity (Wildman–Crippen MR) is 79.3 cm³/mol. The van der Waals surface area contributed by atoms with Gasteiger partial charge in [0.05, 0.1) is 5.69 Å². The molecule has 104 valence electrons. The summed E-state index contributed by atoms with van der Waals surface area (Å²) in [6, 6.07) is 13.4. The lowest BCUT2D eigenvalue weighted by atomic mass is 10.2. The first-order valence-corrected chi connectivity index (χ1v) is 6.45. The Labute approximate surface area is 117 Å². The van der Waals surface area contributed by atoms with Gasteiger partial charge in [-0.15, -0.1) is 0 Å². The van der Waals surface area contributed by atoms with E-state index >= 15 is 0 Å². The Hall–Kier alpha value is -2.36. The molecule has 0 saturated heterocycles. The summed E-state index contributed by atoms with van der Waals surface area (Å²) in [5.41, 5.74) is 2.20. The predicted octanol–water partition coefficient (Wildman–Crippen LogP) is 3.57. The van der Waals surface area contributed by atoms with Crippen molar-refractivity contribution < 1.29 is 9.18 Å². The number of nitrogens with one attached hydrogen (secondary N) is 2. The largest absolute Gasteiger partial charge is 0.374 e. The third-order valence-corrected chi connectivity index (χ3v) is 2.96. The van der Waals surface area contributed by atoms with Gasteiger partial charge in [-0.1, -0.05) is 29.8 Å². The van der Waals surface area contributed by atoms with Gasteiger partial charge in [-0.25, -0.2) is 4.39 Å². The van der Waals surface area contributed by atoms with Gasteiger partial charge in [-0.2, -0.15) is 0 Å². The van der Waals surface area contributed by atoms with Crippen molar-refractivity contribution in [2.24, 2.45) is 0 Å². The van der Waals surface area contributed by atoms with Crippen LogP contribution in [-0.2, 0) is 4.79 Å². The number of rotatable bonds is 4. The lowest BCUT2D eigenvalue weighted by molar-refractivity contribution is -0.116. The molecule has 2 aromatic carbocycles. The van der Waals surface area contributed by atoms with Crippen molar-refractivity contribution in [2.45, 2.75) is 19.9 Å². The molecule has 1 atom stereocenters. The van der Waals surface area contributed by atoms with Crippen molar-refractivity contribution in [1.82, 2.24) is 0 Å². The molecule has 2 aromatic rings. The molecule has 3 nitrogen and oxygen atoms in total. The minimum Gasteiger partial charge on any atom is -0.374 e. The van der Waals surface area contributed by atoms with E-state index in [0.717, 1.165) is 11.3 Å². The zero-order valence-electron chi connectivity index (χ0n) is 11.5. The van der Waals surface area contributed by atoms with Crippen molar-refractivity contribution in [3.05, 3.63) is 59.9 Å². The molecule has 0 saturated carbocycles.